The van der Waals surface area contributed by atoms with Crippen molar-refractivity contribution in [1.82, 2.24) is 15.0 Å². The van der Waals surface area contributed by atoms with E-state index >= 15 is 0 Å². The zero-order valence-electron chi connectivity index (χ0n) is 10.2. The maximum absolute atomic E-state index is 4.30. The van der Waals surface area contributed by atoms with Gasteiger partial charge in [-0.25, -0.2) is 9.97 Å². The molecule has 0 aliphatic heterocycles. The van der Waals surface area contributed by atoms with Crippen molar-refractivity contribution in [1.29, 1.82) is 0 Å². The summed E-state index contributed by atoms with van der Waals surface area (Å²) in [6.07, 6.45) is 3.53. The largest absolute Gasteiger partial charge is 0.355 e. The minimum Gasteiger partial charge on any atom is -0.355 e. The second-order valence-corrected chi connectivity index (χ2v) is 4.50. The third-order valence-corrected chi connectivity index (χ3v) is 3.33. The van der Waals surface area contributed by atoms with Crippen molar-refractivity contribution < 1.29 is 0 Å². The van der Waals surface area contributed by atoms with Gasteiger partial charge in [-0.05, 0) is 30.3 Å². The SMILES string of the molecule is c1cnc(-c2ccc3[nH]c4ccccc4c3c2)nc1. The van der Waals surface area contributed by atoms with Crippen molar-refractivity contribution in [3.05, 3.63) is 60.9 Å². The summed E-state index contributed by atoms with van der Waals surface area (Å²) in [6, 6.07) is 16.4. The highest BCUT2D eigenvalue weighted by Gasteiger charge is 2.06. The molecule has 3 nitrogen and oxygen atoms in total. The summed E-state index contributed by atoms with van der Waals surface area (Å²) in [4.78, 5) is 12.0. The molecule has 0 spiro atoms. The lowest BCUT2D eigenvalue weighted by atomic mass is 10.1. The van der Waals surface area contributed by atoms with Gasteiger partial charge in [-0.3, -0.25) is 0 Å². The molecule has 0 saturated heterocycles. The molecule has 0 fully saturated rings. The average Bonchev–Trinajstić information content (AvgIpc) is 2.86. The molecule has 0 saturated carbocycles. The molecule has 0 aliphatic carbocycles. The molecule has 0 amide bonds. The van der Waals surface area contributed by atoms with E-state index in [0.717, 1.165) is 22.4 Å². The fraction of sp³-hybridized carbons (Fsp3) is 0. The Kier molecular flexibility index (Phi) is 2.12. The van der Waals surface area contributed by atoms with Crippen LogP contribution in [0.25, 0.3) is 33.2 Å². The number of nitrogens with one attached hydrogen (secondary N) is 1. The van der Waals surface area contributed by atoms with Crippen LogP contribution >= 0.6 is 0 Å². The van der Waals surface area contributed by atoms with Crippen molar-refractivity contribution in [3.8, 4) is 11.4 Å². The van der Waals surface area contributed by atoms with Crippen molar-refractivity contribution in [3.63, 3.8) is 0 Å². The third kappa shape index (κ3) is 1.59. The van der Waals surface area contributed by atoms with Gasteiger partial charge in [-0.15, -0.1) is 0 Å². The molecule has 3 heteroatoms. The van der Waals surface area contributed by atoms with E-state index in [0.29, 0.717) is 0 Å². The normalized spacial score (nSPS) is 11.2. The maximum atomic E-state index is 4.30. The van der Waals surface area contributed by atoms with E-state index in [4.69, 9.17) is 0 Å². The van der Waals surface area contributed by atoms with Crippen LogP contribution in [0.3, 0.4) is 0 Å². The van der Waals surface area contributed by atoms with Crippen LogP contribution in [0.15, 0.2) is 60.9 Å². The van der Waals surface area contributed by atoms with Crippen LogP contribution in [0.2, 0.25) is 0 Å². The first kappa shape index (κ1) is 10.3. The molecule has 0 aliphatic rings. The fourth-order valence-corrected chi connectivity index (χ4v) is 2.44. The van der Waals surface area contributed by atoms with Gasteiger partial charge in [0.25, 0.3) is 0 Å². The Hall–Kier alpha value is -2.68. The molecule has 0 bridgehead atoms. The van der Waals surface area contributed by atoms with Gasteiger partial charge in [0.2, 0.25) is 0 Å². The van der Waals surface area contributed by atoms with E-state index in [-0.39, 0.29) is 0 Å². The molecule has 4 aromatic rings. The molecule has 0 unspecified atom stereocenters. The predicted molar refractivity (Wildman–Crippen MR) is 76.8 cm³/mol. The molecular formula is C16H11N3. The second kappa shape index (κ2) is 3.92. The quantitative estimate of drug-likeness (QED) is 0.554. The topological polar surface area (TPSA) is 41.6 Å². The van der Waals surface area contributed by atoms with Crippen molar-refractivity contribution in [2.75, 3.05) is 0 Å². The minimum atomic E-state index is 0.759. The van der Waals surface area contributed by atoms with Gasteiger partial charge < -0.3 is 4.98 Å². The number of fused-ring (bicyclic) bond motifs is 3. The highest BCUT2D eigenvalue weighted by atomic mass is 14.8. The number of rotatable bonds is 1. The molecule has 0 atom stereocenters. The Morgan fingerprint density at radius 1 is 0.737 bits per heavy atom. The predicted octanol–water partition coefficient (Wildman–Crippen LogP) is 3.78. The first-order chi connectivity index (χ1) is 9.42. The zero-order chi connectivity index (χ0) is 12.7. The van der Waals surface area contributed by atoms with Crippen LogP contribution in [0.1, 0.15) is 0 Å². The lowest BCUT2D eigenvalue weighted by Crippen LogP contribution is -1.86. The monoisotopic (exact) mass is 245 g/mol. The van der Waals surface area contributed by atoms with E-state index in [1.165, 1.54) is 10.8 Å². The lowest BCUT2D eigenvalue weighted by Gasteiger charge is -1.99. The second-order valence-electron chi connectivity index (χ2n) is 4.50. The summed E-state index contributed by atoms with van der Waals surface area (Å²) < 4.78 is 0. The number of aromatic amines is 1. The first-order valence-electron chi connectivity index (χ1n) is 6.20. The Labute approximate surface area is 110 Å². The van der Waals surface area contributed by atoms with Gasteiger partial charge in [0.1, 0.15) is 0 Å². The number of aromatic nitrogens is 3. The Morgan fingerprint density at radius 3 is 2.42 bits per heavy atom. The number of benzene rings is 2. The van der Waals surface area contributed by atoms with Crippen molar-refractivity contribution >= 4 is 21.8 Å². The highest BCUT2D eigenvalue weighted by molar-refractivity contribution is 6.08. The summed E-state index contributed by atoms with van der Waals surface area (Å²) in [5.74, 6) is 0.759. The van der Waals surface area contributed by atoms with Crippen LogP contribution in [0.5, 0.6) is 0 Å². The van der Waals surface area contributed by atoms with Crippen LogP contribution in [0, 0.1) is 0 Å². The van der Waals surface area contributed by atoms with Gasteiger partial charge in [0, 0.05) is 39.8 Å². The molecule has 19 heavy (non-hydrogen) atoms. The van der Waals surface area contributed by atoms with Gasteiger partial charge in [-0.1, -0.05) is 18.2 Å². The molecule has 2 heterocycles. The number of para-hydroxylation sites is 1. The fourth-order valence-electron chi connectivity index (χ4n) is 2.44. The summed E-state index contributed by atoms with van der Waals surface area (Å²) in [7, 11) is 0. The van der Waals surface area contributed by atoms with E-state index < -0.39 is 0 Å². The third-order valence-electron chi connectivity index (χ3n) is 3.33. The number of nitrogens with zero attached hydrogens (tertiary/aromatic N) is 2. The lowest BCUT2D eigenvalue weighted by molar-refractivity contribution is 1.18. The van der Waals surface area contributed by atoms with Gasteiger partial charge >= 0.3 is 0 Å². The summed E-state index contributed by atoms with van der Waals surface area (Å²) in [5.41, 5.74) is 3.34. The van der Waals surface area contributed by atoms with Crippen LogP contribution in [0.4, 0.5) is 0 Å². The molecule has 2 aromatic heterocycles. The molecular weight excluding hydrogens is 234 g/mol. The molecule has 2 aromatic carbocycles. The number of hydrogen-bond acceptors (Lipinski definition) is 2. The van der Waals surface area contributed by atoms with Gasteiger partial charge in [0.15, 0.2) is 5.82 Å². The summed E-state index contributed by atoms with van der Waals surface area (Å²) in [6.45, 7) is 0. The smallest absolute Gasteiger partial charge is 0.159 e. The van der Waals surface area contributed by atoms with Crippen LogP contribution in [-0.2, 0) is 0 Å². The van der Waals surface area contributed by atoms with Crippen molar-refractivity contribution in [2.24, 2.45) is 0 Å². The molecule has 0 radical (unpaired) electrons. The summed E-state index contributed by atoms with van der Waals surface area (Å²) >= 11 is 0. The first-order valence-corrected chi connectivity index (χ1v) is 6.20. The van der Waals surface area contributed by atoms with E-state index in [2.05, 4.69) is 45.3 Å². The Bertz CT molecular complexity index is 863. The van der Waals surface area contributed by atoms with E-state index in [1.807, 2.05) is 18.2 Å². The molecule has 4 rings (SSSR count). The van der Waals surface area contributed by atoms with Crippen molar-refractivity contribution in [2.45, 2.75) is 0 Å². The Morgan fingerprint density at radius 2 is 1.53 bits per heavy atom. The maximum Gasteiger partial charge on any atom is 0.159 e. The minimum absolute atomic E-state index is 0.759. The number of hydrogen-bond donors (Lipinski definition) is 1. The molecule has 1 N–H and O–H groups in total. The highest BCUT2D eigenvalue weighted by Crippen LogP contribution is 2.28. The van der Waals surface area contributed by atoms with Gasteiger partial charge in [0.05, 0.1) is 0 Å². The number of H-pyrrole nitrogens is 1. The van der Waals surface area contributed by atoms with Gasteiger partial charge in [-0.2, -0.15) is 0 Å². The zero-order valence-corrected chi connectivity index (χ0v) is 10.2. The van der Waals surface area contributed by atoms with Crippen LogP contribution in [-0.4, -0.2) is 15.0 Å². The molecule has 90 valence electrons. The van der Waals surface area contributed by atoms with E-state index in [9.17, 15) is 0 Å². The Balaban J connectivity index is 2.03. The average molecular weight is 245 g/mol. The summed E-state index contributed by atoms with van der Waals surface area (Å²) in [5, 5.41) is 2.44. The van der Waals surface area contributed by atoms with E-state index in [1.54, 1.807) is 12.4 Å². The van der Waals surface area contributed by atoms with Crippen LogP contribution < -0.4 is 0 Å². The standard InChI is InChI=1S/C16H11N3/c1-2-5-14-12(4-1)13-10-11(6-7-15(13)19-14)16-17-8-3-9-18-16/h1-10,19H.